The third kappa shape index (κ3) is 2.86. The second-order valence-corrected chi connectivity index (χ2v) is 6.11. The number of hydrogen-bond donors (Lipinski definition) is 2. The number of rotatable bonds is 3. The second-order valence-electron chi connectivity index (χ2n) is 5.67. The van der Waals surface area contributed by atoms with Gasteiger partial charge in [0.25, 0.3) is 11.5 Å². The van der Waals surface area contributed by atoms with Crippen LogP contribution in [0.2, 0.25) is 5.02 Å². The fourth-order valence-electron chi connectivity index (χ4n) is 2.79. The van der Waals surface area contributed by atoms with E-state index in [-0.39, 0.29) is 11.2 Å². The summed E-state index contributed by atoms with van der Waals surface area (Å²) in [6, 6.07) is 15.6. The zero-order chi connectivity index (χ0) is 19.0. The van der Waals surface area contributed by atoms with Gasteiger partial charge in [-0.2, -0.15) is 14.9 Å². The van der Waals surface area contributed by atoms with Crippen LogP contribution < -0.4 is 16.8 Å². The van der Waals surface area contributed by atoms with E-state index in [9.17, 15) is 9.59 Å². The number of benzene rings is 2. The van der Waals surface area contributed by atoms with E-state index < -0.39 is 11.5 Å². The van der Waals surface area contributed by atoms with Gasteiger partial charge in [-0.25, -0.2) is 10.5 Å². The topological polar surface area (TPSA) is 108 Å². The molecule has 0 spiro atoms. The van der Waals surface area contributed by atoms with Gasteiger partial charge < -0.3 is 0 Å². The summed E-state index contributed by atoms with van der Waals surface area (Å²) >= 11 is 5.94. The lowest BCUT2D eigenvalue weighted by Gasteiger charge is -2.09. The van der Waals surface area contributed by atoms with Gasteiger partial charge >= 0.3 is 0 Å². The molecule has 3 N–H and O–H groups in total. The number of nitrogen functional groups attached to an aromatic ring is 1. The van der Waals surface area contributed by atoms with Gasteiger partial charge in [-0.1, -0.05) is 29.8 Å². The van der Waals surface area contributed by atoms with Crippen LogP contribution in [0.5, 0.6) is 0 Å². The maximum atomic E-state index is 13.2. The first-order valence-electron chi connectivity index (χ1n) is 7.93. The summed E-state index contributed by atoms with van der Waals surface area (Å²) in [5.41, 5.74) is 2.97. The number of carbonyl (C=O) groups is 1. The van der Waals surface area contributed by atoms with Gasteiger partial charge in [0.2, 0.25) is 0 Å². The summed E-state index contributed by atoms with van der Waals surface area (Å²) in [7, 11) is 0. The van der Waals surface area contributed by atoms with Crippen LogP contribution >= 0.6 is 11.6 Å². The van der Waals surface area contributed by atoms with Gasteiger partial charge in [0.15, 0.2) is 5.69 Å². The molecule has 9 heteroatoms. The molecule has 2 aromatic carbocycles. The molecule has 134 valence electrons. The summed E-state index contributed by atoms with van der Waals surface area (Å²) in [5, 5.41) is 9.32. The van der Waals surface area contributed by atoms with Crippen molar-refractivity contribution in [3.05, 3.63) is 81.9 Å². The van der Waals surface area contributed by atoms with Crippen molar-refractivity contribution in [2.75, 3.05) is 0 Å². The Kier molecular flexibility index (Phi) is 4.19. The molecule has 2 aromatic heterocycles. The minimum atomic E-state index is -0.625. The molecule has 0 atom stereocenters. The molecule has 0 saturated carbocycles. The Balaban J connectivity index is 2.07. The highest BCUT2D eigenvalue weighted by atomic mass is 35.5. The van der Waals surface area contributed by atoms with Crippen LogP contribution in [0, 0.1) is 0 Å². The quantitative estimate of drug-likeness (QED) is 0.320. The van der Waals surface area contributed by atoms with Crippen LogP contribution in [0.4, 0.5) is 0 Å². The number of halogens is 1. The average Bonchev–Trinajstić information content (AvgIpc) is 3.15. The van der Waals surface area contributed by atoms with Crippen molar-refractivity contribution in [2.45, 2.75) is 0 Å². The van der Waals surface area contributed by atoms with E-state index in [1.165, 1.54) is 10.9 Å². The number of nitrogens with two attached hydrogens (primary N) is 1. The van der Waals surface area contributed by atoms with Gasteiger partial charge in [-0.3, -0.25) is 15.0 Å². The van der Waals surface area contributed by atoms with Crippen molar-refractivity contribution < 1.29 is 4.79 Å². The van der Waals surface area contributed by atoms with E-state index in [1.807, 2.05) is 6.07 Å². The van der Waals surface area contributed by atoms with E-state index in [0.717, 1.165) is 4.68 Å². The van der Waals surface area contributed by atoms with E-state index in [1.54, 1.807) is 48.5 Å². The van der Waals surface area contributed by atoms with Crippen molar-refractivity contribution in [3.63, 3.8) is 0 Å². The highest BCUT2D eigenvalue weighted by Crippen LogP contribution is 2.20. The molecule has 2 heterocycles. The molecule has 8 nitrogen and oxygen atoms in total. The largest absolute Gasteiger partial charge is 0.298 e. The number of fused-ring (bicyclic) bond motifs is 1. The lowest BCUT2D eigenvalue weighted by atomic mass is 10.2. The van der Waals surface area contributed by atoms with Gasteiger partial charge in [0.05, 0.1) is 23.0 Å². The van der Waals surface area contributed by atoms with Crippen molar-refractivity contribution in [2.24, 2.45) is 5.84 Å². The van der Waals surface area contributed by atoms with Gasteiger partial charge in [-0.15, -0.1) is 0 Å². The van der Waals surface area contributed by atoms with Crippen LogP contribution in [0.1, 0.15) is 10.5 Å². The Morgan fingerprint density at radius 3 is 2.33 bits per heavy atom. The Bertz CT molecular complexity index is 1200. The number of nitrogens with zero attached hydrogens (tertiary/aromatic N) is 4. The minimum Gasteiger partial charge on any atom is -0.289 e. The molecular formula is C18H13ClN6O2. The molecular weight excluding hydrogens is 368 g/mol. The Morgan fingerprint density at radius 2 is 1.67 bits per heavy atom. The number of para-hydroxylation sites is 1. The van der Waals surface area contributed by atoms with Crippen LogP contribution in [0.25, 0.3) is 22.3 Å². The van der Waals surface area contributed by atoms with Gasteiger partial charge in [0.1, 0.15) is 5.52 Å². The van der Waals surface area contributed by atoms with E-state index in [2.05, 4.69) is 15.6 Å². The van der Waals surface area contributed by atoms with Crippen molar-refractivity contribution >= 4 is 28.4 Å². The number of hydrazine groups is 1. The predicted molar refractivity (Wildman–Crippen MR) is 101 cm³/mol. The number of carbonyl (C=O) groups excluding carboxylic acids is 1. The zero-order valence-electron chi connectivity index (χ0n) is 13.8. The van der Waals surface area contributed by atoms with Crippen molar-refractivity contribution in [1.29, 1.82) is 0 Å². The fourth-order valence-corrected chi connectivity index (χ4v) is 2.91. The molecule has 0 aliphatic rings. The third-order valence-corrected chi connectivity index (χ3v) is 4.29. The molecule has 4 rings (SSSR count). The normalized spacial score (nSPS) is 10.9. The predicted octanol–water partition coefficient (Wildman–Crippen LogP) is 1.83. The first-order chi connectivity index (χ1) is 13.1. The van der Waals surface area contributed by atoms with E-state index in [0.29, 0.717) is 21.8 Å². The molecule has 4 aromatic rings. The standard InChI is InChI=1S/C18H13ClN6O2/c19-11-6-8-13(9-7-11)24-16-14(10-21-24)15(17(26)22-20)23-25(18(16)27)12-4-2-1-3-5-12/h1-10H,20H2,(H,22,26). The second kappa shape index (κ2) is 6.67. The highest BCUT2D eigenvalue weighted by Gasteiger charge is 2.21. The summed E-state index contributed by atoms with van der Waals surface area (Å²) < 4.78 is 2.60. The molecule has 0 aliphatic heterocycles. The Morgan fingerprint density at radius 1 is 1.00 bits per heavy atom. The minimum absolute atomic E-state index is 0.00355. The maximum absolute atomic E-state index is 13.2. The smallest absolute Gasteiger partial charge is 0.289 e. The SMILES string of the molecule is NNC(=O)c1nn(-c2ccccc2)c(=O)c2c1cnn2-c1ccc(Cl)cc1. The summed E-state index contributed by atoms with van der Waals surface area (Å²) in [5.74, 6) is 4.66. The summed E-state index contributed by atoms with van der Waals surface area (Å²) in [4.78, 5) is 25.4. The van der Waals surface area contributed by atoms with Crippen molar-refractivity contribution in [3.8, 4) is 11.4 Å². The molecule has 0 bridgehead atoms. The van der Waals surface area contributed by atoms with Crippen LogP contribution in [0.15, 0.2) is 65.6 Å². The maximum Gasteiger partial charge on any atom is 0.298 e. The number of aromatic nitrogens is 4. The molecule has 0 radical (unpaired) electrons. The van der Waals surface area contributed by atoms with Gasteiger partial charge in [0, 0.05) is 5.02 Å². The van der Waals surface area contributed by atoms with Crippen LogP contribution in [-0.4, -0.2) is 25.5 Å². The molecule has 0 aliphatic carbocycles. The first kappa shape index (κ1) is 17.0. The molecule has 27 heavy (non-hydrogen) atoms. The van der Waals surface area contributed by atoms with Gasteiger partial charge in [-0.05, 0) is 36.4 Å². The highest BCUT2D eigenvalue weighted by molar-refractivity contribution is 6.30. The fraction of sp³-hybridized carbons (Fsp3) is 0. The number of hydrogen-bond acceptors (Lipinski definition) is 5. The Hall–Kier alpha value is -3.49. The molecule has 0 saturated heterocycles. The van der Waals surface area contributed by atoms with Crippen LogP contribution in [0.3, 0.4) is 0 Å². The summed E-state index contributed by atoms with van der Waals surface area (Å²) in [6.45, 7) is 0. The summed E-state index contributed by atoms with van der Waals surface area (Å²) in [6.07, 6.45) is 1.41. The molecule has 0 unspecified atom stereocenters. The lowest BCUT2D eigenvalue weighted by molar-refractivity contribution is 0.0949. The van der Waals surface area contributed by atoms with Crippen LogP contribution in [-0.2, 0) is 0 Å². The third-order valence-electron chi connectivity index (χ3n) is 4.04. The zero-order valence-corrected chi connectivity index (χ0v) is 14.6. The monoisotopic (exact) mass is 380 g/mol. The number of amides is 1. The Labute approximate surface area is 157 Å². The van der Waals surface area contributed by atoms with E-state index in [4.69, 9.17) is 17.4 Å². The number of nitrogens with one attached hydrogen (secondary N) is 1. The molecule has 0 fully saturated rings. The average molecular weight is 381 g/mol. The molecule has 1 amide bonds. The van der Waals surface area contributed by atoms with Crippen molar-refractivity contribution in [1.82, 2.24) is 25.0 Å². The lowest BCUT2D eigenvalue weighted by Crippen LogP contribution is -2.34. The first-order valence-corrected chi connectivity index (χ1v) is 8.31. The van der Waals surface area contributed by atoms with E-state index >= 15 is 0 Å².